The van der Waals surface area contributed by atoms with E-state index in [-0.39, 0.29) is 5.71 Å². The maximum Gasteiger partial charge on any atom is 0.373 e. The summed E-state index contributed by atoms with van der Waals surface area (Å²) in [6, 6.07) is 0. The second-order valence-corrected chi connectivity index (χ2v) is 2.42. The molecule has 66 valence electrons. The van der Waals surface area contributed by atoms with Gasteiger partial charge in [-0.25, -0.2) is 4.79 Å². The summed E-state index contributed by atoms with van der Waals surface area (Å²) in [5, 5.41) is 8.40. The third-order valence-electron chi connectivity index (χ3n) is 1.61. The number of carbonyl (C=O) groups excluding carboxylic acids is 1. The Hall–Kier alpha value is -2.00. The van der Waals surface area contributed by atoms with Gasteiger partial charge in [0.1, 0.15) is 5.92 Å². The van der Waals surface area contributed by atoms with Crippen molar-refractivity contribution < 1.29 is 19.5 Å². The molecule has 0 aromatic rings. The van der Waals surface area contributed by atoms with Crippen molar-refractivity contribution in [2.45, 2.75) is 0 Å². The van der Waals surface area contributed by atoms with Crippen molar-refractivity contribution in [1.82, 2.24) is 0 Å². The van der Waals surface area contributed by atoms with Crippen molar-refractivity contribution in [1.29, 1.82) is 0 Å². The first-order valence-corrected chi connectivity index (χ1v) is 3.50. The molecule has 0 spiro atoms. The summed E-state index contributed by atoms with van der Waals surface area (Å²) < 4.78 is 0. The maximum atomic E-state index is 11.0. The quantitative estimate of drug-likeness (QED) is 0.368. The van der Waals surface area contributed by atoms with Gasteiger partial charge in [-0.05, 0) is 0 Å². The van der Waals surface area contributed by atoms with E-state index in [9.17, 15) is 9.59 Å². The Morgan fingerprint density at radius 2 is 2.15 bits per heavy atom. The van der Waals surface area contributed by atoms with Crippen LogP contribution in [0.25, 0.3) is 5.53 Å². The Kier molecular flexibility index (Phi) is 2.52. The highest BCUT2D eigenvalue weighted by Crippen LogP contribution is 2.08. The summed E-state index contributed by atoms with van der Waals surface area (Å²) in [5.41, 5.74) is 8.49. The number of Topliss-reactive ketones (excluding diaryl/α,β-unsaturated/α-hetero) is 1. The minimum absolute atomic E-state index is 0.0369. The Labute approximate surface area is 73.6 Å². The van der Waals surface area contributed by atoms with Gasteiger partial charge in [0.05, 0.1) is 0 Å². The third-order valence-corrected chi connectivity index (χ3v) is 1.61. The molecule has 1 rings (SSSR count). The second kappa shape index (κ2) is 3.60. The fraction of sp³-hybridized carbons (Fsp3) is 0.125. The number of carboxylic acids is 1. The number of aliphatic carboxylic acids is 1. The third kappa shape index (κ3) is 1.77. The van der Waals surface area contributed by atoms with Gasteiger partial charge in [0.25, 0.3) is 5.78 Å². The predicted molar refractivity (Wildman–Crippen MR) is 43.0 cm³/mol. The van der Waals surface area contributed by atoms with Gasteiger partial charge < -0.3 is 10.6 Å². The van der Waals surface area contributed by atoms with Crippen molar-refractivity contribution >= 4 is 17.5 Å². The Balaban J connectivity index is 2.99. The average molecular weight is 178 g/mol. The number of ketones is 1. The van der Waals surface area contributed by atoms with Crippen LogP contribution in [0.4, 0.5) is 0 Å². The van der Waals surface area contributed by atoms with Gasteiger partial charge in [0, 0.05) is 6.08 Å². The highest BCUT2D eigenvalue weighted by atomic mass is 16.4. The molecule has 13 heavy (non-hydrogen) atoms. The van der Waals surface area contributed by atoms with Crippen molar-refractivity contribution in [3.05, 3.63) is 29.8 Å². The van der Waals surface area contributed by atoms with Crippen LogP contribution in [0.5, 0.6) is 0 Å². The normalized spacial score (nSPS) is 19.7. The lowest BCUT2D eigenvalue weighted by molar-refractivity contribution is -0.150. The van der Waals surface area contributed by atoms with Crippen LogP contribution in [-0.2, 0) is 9.59 Å². The molecule has 0 radical (unpaired) electrons. The van der Waals surface area contributed by atoms with E-state index in [0.29, 0.717) is 0 Å². The highest BCUT2D eigenvalue weighted by molar-refractivity contribution is 6.39. The minimum atomic E-state index is -1.54. The topological polar surface area (TPSA) is 90.8 Å². The van der Waals surface area contributed by atoms with Gasteiger partial charge in [-0.3, -0.25) is 4.79 Å². The first kappa shape index (κ1) is 9.09. The van der Waals surface area contributed by atoms with Crippen molar-refractivity contribution in [3.63, 3.8) is 0 Å². The number of carbonyl (C=O) groups is 2. The minimum Gasteiger partial charge on any atom is -0.475 e. The standard InChI is InChI=1S/C8H6N2O3/c9-10-6-4-2-1-3-5(6)7(11)8(12)13/h1-5H,(H,12,13). The van der Waals surface area contributed by atoms with Crippen LogP contribution in [0.3, 0.4) is 0 Å². The number of hydrogen-bond acceptors (Lipinski definition) is 2. The first-order chi connectivity index (χ1) is 6.16. The van der Waals surface area contributed by atoms with E-state index in [4.69, 9.17) is 10.6 Å². The molecule has 0 heterocycles. The molecular weight excluding hydrogens is 172 g/mol. The first-order valence-electron chi connectivity index (χ1n) is 3.50. The molecule has 5 nitrogen and oxygen atoms in total. The lowest BCUT2D eigenvalue weighted by atomic mass is 9.94. The van der Waals surface area contributed by atoms with E-state index >= 15 is 0 Å². The van der Waals surface area contributed by atoms with Crippen molar-refractivity contribution in [2.24, 2.45) is 5.92 Å². The Morgan fingerprint density at radius 1 is 1.46 bits per heavy atom. The average Bonchev–Trinajstić information content (AvgIpc) is 2.16. The number of allylic oxidation sites excluding steroid dienone is 4. The van der Waals surface area contributed by atoms with Crippen LogP contribution in [0.1, 0.15) is 0 Å². The van der Waals surface area contributed by atoms with Crippen LogP contribution < -0.4 is 0 Å². The lowest BCUT2D eigenvalue weighted by Crippen LogP contribution is -2.29. The largest absolute Gasteiger partial charge is 0.475 e. The molecule has 0 amide bonds. The van der Waals surface area contributed by atoms with E-state index < -0.39 is 17.7 Å². The second-order valence-electron chi connectivity index (χ2n) is 2.42. The molecule has 1 aliphatic rings. The molecule has 0 fully saturated rings. The van der Waals surface area contributed by atoms with Gasteiger partial charge in [-0.15, -0.1) is 0 Å². The Bertz CT molecular complexity index is 362. The molecule has 1 unspecified atom stereocenters. The molecule has 5 heteroatoms. The van der Waals surface area contributed by atoms with Crippen LogP contribution in [0.2, 0.25) is 0 Å². The van der Waals surface area contributed by atoms with Gasteiger partial charge in [-0.2, -0.15) is 4.79 Å². The summed E-state index contributed by atoms with van der Waals surface area (Å²) in [6.45, 7) is 0. The summed E-state index contributed by atoms with van der Waals surface area (Å²) in [4.78, 5) is 24.1. The summed E-state index contributed by atoms with van der Waals surface area (Å²) >= 11 is 0. The zero-order valence-corrected chi connectivity index (χ0v) is 6.54. The number of rotatable bonds is 2. The molecule has 1 N–H and O–H groups in total. The summed E-state index contributed by atoms with van der Waals surface area (Å²) in [5.74, 6) is -3.52. The molecule has 0 aromatic heterocycles. The molecule has 0 saturated heterocycles. The predicted octanol–water partition coefficient (Wildman–Crippen LogP) is 0.0531. The van der Waals surface area contributed by atoms with E-state index in [2.05, 4.69) is 4.79 Å². The van der Waals surface area contributed by atoms with Crippen LogP contribution >= 0.6 is 0 Å². The SMILES string of the molecule is [N-]=[N+]=C1C=CC=CC1C(=O)C(=O)O. The molecule has 0 saturated carbocycles. The van der Waals surface area contributed by atoms with Crippen molar-refractivity contribution in [2.75, 3.05) is 0 Å². The number of hydrogen-bond donors (Lipinski definition) is 1. The lowest BCUT2D eigenvalue weighted by Gasteiger charge is -2.03. The molecule has 0 aliphatic heterocycles. The van der Waals surface area contributed by atoms with Gasteiger partial charge in [-0.1, -0.05) is 18.2 Å². The van der Waals surface area contributed by atoms with E-state index in [0.717, 1.165) is 0 Å². The maximum absolute atomic E-state index is 11.0. The van der Waals surface area contributed by atoms with Crippen LogP contribution in [0, 0.1) is 5.92 Å². The zero-order valence-electron chi connectivity index (χ0n) is 6.54. The highest BCUT2D eigenvalue weighted by Gasteiger charge is 2.32. The number of nitrogens with zero attached hydrogens (tertiary/aromatic N) is 2. The zero-order chi connectivity index (χ0) is 9.84. The van der Waals surface area contributed by atoms with Gasteiger partial charge >= 0.3 is 11.7 Å². The molecule has 0 bridgehead atoms. The van der Waals surface area contributed by atoms with E-state index in [1.165, 1.54) is 18.2 Å². The smallest absolute Gasteiger partial charge is 0.373 e. The fourth-order valence-corrected chi connectivity index (χ4v) is 0.982. The molecule has 0 aromatic carbocycles. The molecule has 1 aliphatic carbocycles. The molecule has 1 atom stereocenters. The van der Waals surface area contributed by atoms with Crippen molar-refractivity contribution in [3.8, 4) is 0 Å². The molecular formula is C8H6N2O3. The Morgan fingerprint density at radius 3 is 2.69 bits per heavy atom. The fourth-order valence-electron chi connectivity index (χ4n) is 0.982. The van der Waals surface area contributed by atoms with Gasteiger partial charge in [0.2, 0.25) is 0 Å². The van der Waals surface area contributed by atoms with E-state index in [1.54, 1.807) is 6.08 Å². The van der Waals surface area contributed by atoms with Crippen LogP contribution in [0.15, 0.2) is 24.3 Å². The van der Waals surface area contributed by atoms with Crippen LogP contribution in [-0.4, -0.2) is 27.4 Å². The van der Waals surface area contributed by atoms with Gasteiger partial charge in [0.15, 0.2) is 0 Å². The summed E-state index contributed by atoms with van der Waals surface area (Å²) in [6.07, 6.45) is 5.83. The monoisotopic (exact) mass is 178 g/mol. The summed E-state index contributed by atoms with van der Waals surface area (Å²) in [7, 11) is 0. The number of carboxylic acid groups (broad SMARTS) is 1. The van der Waals surface area contributed by atoms with E-state index in [1.807, 2.05) is 0 Å².